The van der Waals surface area contributed by atoms with Crippen molar-refractivity contribution in [2.75, 3.05) is 20.3 Å². The Morgan fingerprint density at radius 1 is 1.60 bits per heavy atom. The maximum Gasteiger partial charge on any atom is 0.315 e. The Hall–Kier alpha value is -1.79. The standard InChI is InChI=1S/C14H20N2O4/c1-19-9-12(13-3-2-6-20-13)16-14(18)15-11-5-4-10(7-11)8-17/h2-6,10-12,17H,7-9H2,1H3,(H2,15,16,18)/t10-,11+,12?/m0/s1. The van der Waals surface area contributed by atoms with E-state index in [1.807, 2.05) is 12.2 Å². The molecule has 20 heavy (non-hydrogen) atoms. The highest BCUT2D eigenvalue weighted by Gasteiger charge is 2.22. The van der Waals surface area contributed by atoms with Crippen LogP contribution in [-0.2, 0) is 4.74 Å². The lowest BCUT2D eigenvalue weighted by Gasteiger charge is -2.18. The van der Waals surface area contributed by atoms with Gasteiger partial charge in [0.25, 0.3) is 0 Å². The van der Waals surface area contributed by atoms with Crippen LogP contribution in [-0.4, -0.2) is 37.5 Å². The van der Waals surface area contributed by atoms with Crippen LogP contribution >= 0.6 is 0 Å². The molecule has 2 rings (SSSR count). The molecule has 6 heteroatoms. The Bertz CT molecular complexity index is 444. The Morgan fingerprint density at radius 3 is 3.05 bits per heavy atom. The van der Waals surface area contributed by atoms with Gasteiger partial charge < -0.3 is 24.9 Å². The van der Waals surface area contributed by atoms with Crippen molar-refractivity contribution in [3.8, 4) is 0 Å². The van der Waals surface area contributed by atoms with E-state index in [0.717, 1.165) is 6.42 Å². The molecule has 0 fully saturated rings. The Morgan fingerprint density at radius 2 is 2.45 bits per heavy atom. The molecule has 0 spiro atoms. The number of ether oxygens (including phenoxy) is 1. The van der Waals surface area contributed by atoms with Crippen LogP contribution in [0.4, 0.5) is 4.79 Å². The summed E-state index contributed by atoms with van der Waals surface area (Å²) >= 11 is 0. The summed E-state index contributed by atoms with van der Waals surface area (Å²) in [5, 5.41) is 14.7. The lowest BCUT2D eigenvalue weighted by atomic mass is 10.1. The molecule has 0 bridgehead atoms. The summed E-state index contributed by atoms with van der Waals surface area (Å²) < 4.78 is 10.4. The van der Waals surface area contributed by atoms with E-state index in [4.69, 9.17) is 14.3 Å². The first-order chi connectivity index (χ1) is 9.72. The molecule has 3 N–H and O–H groups in total. The maximum atomic E-state index is 12.0. The number of aliphatic hydroxyl groups excluding tert-OH is 1. The minimum atomic E-state index is -0.325. The Kier molecular flexibility index (Phi) is 5.20. The predicted molar refractivity (Wildman–Crippen MR) is 73.1 cm³/mol. The number of rotatable bonds is 6. The predicted octanol–water partition coefficient (Wildman–Crippen LogP) is 1.20. The normalized spacial score (nSPS) is 22.7. The molecule has 0 radical (unpaired) electrons. The van der Waals surface area contributed by atoms with E-state index in [0.29, 0.717) is 12.4 Å². The van der Waals surface area contributed by atoms with Crippen molar-refractivity contribution in [3.05, 3.63) is 36.3 Å². The molecule has 1 aromatic rings. The summed E-state index contributed by atoms with van der Waals surface area (Å²) in [7, 11) is 1.57. The summed E-state index contributed by atoms with van der Waals surface area (Å²) in [6.45, 7) is 0.440. The number of urea groups is 1. The largest absolute Gasteiger partial charge is 0.467 e. The summed E-state index contributed by atoms with van der Waals surface area (Å²) in [4.78, 5) is 12.0. The number of nitrogens with one attached hydrogen (secondary N) is 2. The molecule has 0 saturated carbocycles. The number of methoxy groups -OCH3 is 1. The molecule has 6 nitrogen and oxygen atoms in total. The summed E-state index contributed by atoms with van der Waals surface area (Å²) in [6.07, 6.45) is 6.10. The fraction of sp³-hybridized carbons (Fsp3) is 0.500. The summed E-state index contributed by atoms with van der Waals surface area (Å²) in [6, 6.07) is 2.90. The summed E-state index contributed by atoms with van der Waals surface area (Å²) in [5.41, 5.74) is 0. The van der Waals surface area contributed by atoms with E-state index in [1.54, 1.807) is 25.5 Å². The number of carbonyl (C=O) groups excluding carboxylic acids is 1. The average molecular weight is 280 g/mol. The second-order valence-electron chi connectivity index (χ2n) is 4.81. The van der Waals surface area contributed by atoms with Crippen LogP contribution in [0.1, 0.15) is 18.2 Å². The quantitative estimate of drug-likeness (QED) is 0.684. The van der Waals surface area contributed by atoms with Gasteiger partial charge in [-0.05, 0) is 18.6 Å². The van der Waals surface area contributed by atoms with Gasteiger partial charge in [0.1, 0.15) is 11.8 Å². The minimum Gasteiger partial charge on any atom is -0.467 e. The zero-order valence-corrected chi connectivity index (χ0v) is 11.4. The van der Waals surface area contributed by atoms with E-state index in [9.17, 15) is 4.79 Å². The zero-order valence-electron chi connectivity index (χ0n) is 11.4. The molecule has 1 unspecified atom stereocenters. The van der Waals surface area contributed by atoms with E-state index in [2.05, 4.69) is 10.6 Å². The number of aliphatic hydroxyl groups is 1. The van der Waals surface area contributed by atoms with Crippen LogP contribution in [0.2, 0.25) is 0 Å². The zero-order chi connectivity index (χ0) is 14.4. The van der Waals surface area contributed by atoms with Crippen LogP contribution in [0.5, 0.6) is 0 Å². The van der Waals surface area contributed by atoms with Crippen molar-refractivity contribution in [1.29, 1.82) is 0 Å². The van der Waals surface area contributed by atoms with Gasteiger partial charge in [0, 0.05) is 25.7 Å². The fourth-order valence-electron chi connectivity index (χ4n) is 2.24. The lowest BCUT2D eigenvalue weighted by molar-refractivity contribution is 0.156. The molecule has 0 saturated heterocycles. The van der Waals surface area contributed by atoms with Crippen molar-refractivity contribution in [2.24, 2.45) is 5.92 Å². The highest BCUT2D eigenvalue weighted by Crippen LogP contribution is 2.17. The molecule has 1 aliphatic rings. The van der Waals surface area contributed by atoms with E-state index in [-0.39, 0.29) is 30.6 Å². The highest BCUT2D eigenvalue weighted by molar-refractivity contribution is 5.75. The van der Waals surface area contributed by atoms with Gasteiger partial charge >= 0.3 is 6.03 Å². The molecule has 2 amide bonds. The molecule has 3 atom stereocenters. The van der Waals surface area contributed by atoms with Crippen LogP contribution in [0, 0.1) is 5.92 Å². The number of furan rings is 1. The molecular formula is C14H20N2O4. The first-order valence-electron chi connectivity index (χ1n) is 6.61. The second kappa shape index (κ2) is 7.12. The molecular weight excluding hydrogens is 260 g/mol. The monoisotopic (exact) mass is 280 g/mol. The van der Waals surface area contributed by atoms with E-state index in [1.165, 1.54) is 0 Å². The van der Waals surface area contributed by atoms with Crippen molar-refractivity contribution in [1.82, 2.24) is 10.6 Å². The summed E-state index contributed by atoms with van der Waals surface area (Å²) in [5.74, 6) is 0.775. The van der Waals surface area contributed by atoms with Gasteiger partial charge in [-0.1, -0.05) is 12.2 Å². The minimum absolute atomic E-state index is 0.0491. The Balaban J connectivity index is 1.85. The first kappa shape index (κ1) is 14.6. The highest BCUT2D eigenvalue weighted by atomic mass is 16.5. The van der Waals surface area contributed by atoms with E-state index < -0.39 is 0 Å². The molecule has 1 heterocycles. The third kappa shape index (κ3) is 3.85. The van der Waals surface area contributed by atoms with Gasteiger partial charge in [-0.15, -0.1) is 0 Å². The Labute approximate surface area is 117 Å². The SMILES string of the molecule is COCC(NC(=O)N[C@@H]1C=C[C@H](CO)C1)c1ccco1. The number of hydrogen-bond acceptors (Lipinski definition) is 4. The van der Waals surface area contributed by atoms with Gasteiger partial charge in [-0.25, -0.2) is 4.79 Å². The van der Waals surface area contributed by atoms with Crippen molar-refractivity contribution < 1.29 is 19.1 Å². The molecule has 110 valence electrons. The van der Waals surface area contributed by atoms with Crippen molar-refractivity contribution >= 4 is 6.03 Å². The molecule has 0 aromatic carbocycles. The van der Waals surface area contributed by atoms with Crippen molar-refractivity contribution in [3.63, 3.8) is 0 Å². The molecule has 1 aromatic heterocycles. The van der Waals surface area contributed by atoms with E-state index >= 15 is 0 Å². The van der Waals surface area contributed by atoms with Crippen LogP contribution in [0.15, 0.2) is 35.0 Å². The van der Waals surface area contributed by atoms with Gasteiger partial charge in [-0.2, -0.15) is 0 Å². The first-order valence-corrected chi connectivity index (χ1v) is 6.61. The third-order valence-electron chi connectivity index (χ3n) is 3.25. The van der Waals surface area contributed by atoms with Crippen LogP contribution in [0.25, 0.3) is 0 Å². The smallest absolute Gasteiger partial charge is 0.315 e. The lowest BCUT2D eigenvalue weighted by Crippen LogP contribution is -2.43. The van der Waals surface area contributed by atoms with Gasteiger partial charge in [0.2, 0.25) is 0 Å². The maximum absolute atomic E-state index is 12.0. The van der Waals surface area contributed by atoms with Crippen molar-refractivity contribution in [2.45, 2.75) is 18.5 Å². The van der Waals surface area contributed by atoms with Gasteiger partial charge in [-0.3, -0.25) is 0 Å². The van der Waals surface area contributed by atoms with Gasteiger partial charge in [0.05, 0.1) is 12.9 Å². The number of carbonyl (C=O) groups is 1. The third-order valence-corrected chi connectivity index (χ3v) is 3.25. The number of hydrogen-bond donors (Lipinski definition) is 3. The van der Waals surface area contributed by atoms with Crippen LogP contribution in [0.3, 0.4) is 0 Å². The van der Waals surface area contributed by atoms with Gasteiger partial charge in [0.15, 0.2) is 0 Å². The molecule has 0 aliphatic heterocycles. The topological polar surface area (TPSA) is 83.7 Å². The second-order valence-corrected chi connectivity index (χ2v) is 4.81. The average Bonchev–Trinajstić information content (AvgIpc) is 3.09. The molecule has 1 aliphatic carbocycles. The fourth-order valence-corrected chi connectivity index (χ4v) is 2.24. The van der Waals surface area contributed by atoms with Crippen LogP contribution < -0.4 is 10.6 Å². The number of amides is 2.